The predicted octanol–water partition coefficient (Wildman–Crippen LogP) is 4.60. The normalized spacial score (nSPS) is 12.5. The number of nitrogens with two attached hydrogens (primary N) is 1. The Labute approximate surface area is 228 Å². The molecule has 0 aliphatic carbocycles. The third kappa shape index (κ3) is 7.42. The zero-order valence-electron chi connectivity index (χ0n) is 19.8. The summed E-state index contributed by atoms with van der Waals surface area (Å²) in [6.45, 7) is 0.215. The zero-order valence-corrected chi connectivity index (χ0v) is 21.4. The second-order valence-electron chi connectivity index (χ2n) is 8.12. The van der Waals surface area contributed by atoms with Crippen molar-refractivity contribution < 1.29 is 37.5 Å². The van der Waals surface area contributed by atoms with Crippen molar-refractivity contribution in [3.63, 3.8) is 0 Å². The van der Waals surface area contributed by atoms with Crippen LogP contribution in [0.3, 0.4) is 0 Å². The van der Waals surface area contributed by atoms with E-state index in [0.29, 0.717) is 27.7 Å². The number of benzene rings is 2. The first-order valence-corrected chi connectivity index (χ1v) is 12.2. The Bertz CT molecular complexity index is 1440. The van der Waals surface area contributed by atoms with E-state index in [1.807, 2.05) is 24.3 Å². The standard InChI is InChI=1S/C23H19ClN4O3S.C2HF3O2/c24-18-9-8-17(32-18)21(29)27-16-3-1-2-15-20(16)23(31)28(22(15)30)11-10-13-4-6-14(7-5-13)12-19(25)26;3-2(4,5)1(6)7/h1-9H,10-12H2,(H3,25,26)(H,27,29);(H,6,7). The maximum Gasteiger partial charge on any atom is 0.490 e. The van der Waals surface area contributed by atoms with Crippen molar-refractivity contribution in [2.24, 2.45) is 5.73 Å². The van der Waals surface area contributed by atoms with E-state index in [4.69, 9.17) is 32.6 Å². The monoisotopic (exact) mass is 580 g/mol. The molecule has 3 aromatic rings. The summed E-state index contributed by atoms with van der Waals surface area (Å²) < 4.78 is 32.2. The molecule has 204 valence electrons. The van der Waals surface area contributed by atoms with Crippen molar-refractivity contribution in [1.29, 1.82) is 5.41 Å². The Morgan fingerprint density at radius 2 is 1.64 bits per heavy atom. The molecule has 0 unspecified atom stereocenters. The molecular weight excluding hydrogens is 561 g/mol. The Kier molecular flexibility index (Phi) is 9.09. The van der Waals surface area contributed by atoms with E-state index in [9.17, 15) is 27.6 Å². The van der Waals surface area contributed by atoms with Crippen molar-refractivity contribution in [3.8, 4) is 0 Å². The highest BCUT2D eigenvalue weighted by Gasteiger charge is 2.38. The molecular formula is C25H20ClF3N4O5S. The van der Waals surface area contributed by atoms with Gasteiger partial charge in [-0.2, -0.15) is 13.2 Å². The number of nitrogens with zero attached hydrogens (tertiary/aromatic N) is 1. The van der Waals surface area contributed by atoms with Gasteiger partial charge in [-0.3, -0.25) is 24.7 Å². The number of halogens is 4. The minimum absolute atomic E-state index is 0.0915. The summed E-state index contributed by atoms with van der Waals surface area (Å²) in [5.74, 6) is -3.87. The number of carbonyl (C=O) groups is 4. The Morgan fingerprint density at radius 3 is 2.18 bits per heavy atom. The van der Waals surface area contributed by atoms with Gasteiger partial charge in [0.2, 0.25) is 0 Å². The fraction of sp³-hybridized carbons (Fsp3) is 0.160. The number of amidine groups is 1. The van der Waals surface area contributed by atoms with Gasteiger partial charge in [-0.1, -0.05) is 41.9 Å². The van der Waals surface area contributed by atoms with Gasteiger partial charge in [0.05, 0.1) is 31.9 Å². The van der Waals surface area contributed by atoms with Crippen molar-refractivity contribution >= 4 is 58.2 Å². The molecule has 0 fully saturated rings. The van der Waals surface area contributed by atoms with Crippen LogP contribution in [0.2, 0.25) is 4.34 Å². The number of thiophene rings is 1. The molecule has 39 heavy (non-hydrogen) atoms. The fourth-order valence-corrected chi connectivity index (χ4v) is 4.48. The van der Waals surface area contributed by atoms with E-state index in [1.165, 1.54) is 4.90 Å². The number of imide groups is 1. The molecule has 0 bridgehead atoms. The molecule has 1 aliphatic heterocycles. The van der Waals surface area contributed by atoms with E-state index in [1.54, 1.807) is 30.3 Å². The van der Waals surface area contributed by atoms with Crippen LogP contribution >= 0.6 is 22.9 Å². The van der Waals surface area contributed by atoms with Crippen molar-refractivity contribution in [3.05, 3.63) is 86.1 Å². The largest absolute Gasteiger partial charge is 0.490 e. The molecule has 4 rings (SSSR count). The van der Waals surface area contributed by atoms with Gasteiger partial charge in [-0.25, -0.2) is 4.79 Å². The summed E-state index contributed by atoms with van der Waals surface area (Å²) in [6, 6.07) is 15.6. The lowest BCUT2D eigenvalue weighted by atomic mass is 10.1. The summed E-state index contributed by atoms with van der Waals surface area (Å²) in [5, 5.41) is 17.2. The predicted molar refractivity (Wildman–Crippen MR) is 139 cm³/mol. The van der Waals surface area contributed by atoms with Gasteiger partial charge in [-0.15, -0.1) is 11.3 Å². The number of anilines is 1. The Morgan fingerprint density at radius 1 is 1.03 bits per heavy atom. The highest BCUT2D eigenvalue weighted by Crippen LogP contribution is 2.31. The molecule has 0 spiro atoms. The second kappa shape index (κ2) is 12.1. The highest BCUT2D eigenvalue weighted by molar-refractivity contribution is 7.18. The first-order chi connectivity index (χ1) is 18.3. The summed E-state index contributed by atoms with van der Waals surface area (Å²) in [4.78, 5) is 48.9. The maximum atomic E-state index is 13.0. The van der Waals surface area contributed by atoms with Crippen LogP contribution in [0.25, 0.3) is 0 Å². The molecule has 1 aromatic heterocycles. The van der Waals surface area contributed by atoms with Crippen molar-refractivity contribution in [1.82, 2.24) is 4.90 Å². The summed E-state index contributed by atoms with van der Waals surface area (Å²) in [5.41, 5.74) is 8.07. The third-order valence-corrected chi connectivity index (χ3v) is 6.56. The summed E-state index contributed by atoms with van der Waals surface area (Å²) in [6.07, 6.45) is -4.22. The van der Waals surface area contributed by atoms with Crippen LogP contribution in [0, 0.1) is 5.41 Å². The number of alkyl halides is 3. The van der Waals surface area contributed by atoms with Crippen LogP contribution in [0.5, 0.6) is 0 Å². The number of nitrogens with one attached hydrogen (secondary N) is 2. The fourth-order valence-electron chi connectivity index (χ4n) is 3.55. The van der Waals surface area contributed by atoms with Crippen LogP contribution in [0.1, 0.15) is 41.5 Å². The topological polar surface area (TPSA) is 154 Å². The van der Waals surface area contributed by atoms with Gasteiger partial charge in [-0.05, 0) is 41.8 Å². The lowest BCUT2D eigenvalue weighted by Gasteiger charge is -2.14. The summed E-state index contributed by atoms with van der Waals surface area (Å²) >= 11 is 7.03. The molecule has 0 radical (unpaired) electrons. The number of carboxylic acid groups (broad SMARTS) is 1. The van der Waals surface area contributed by atoms with Gasteiger partial charge in [0.25, 0.3) is 17.7 Å². The minimum atomic E-state index is -5.08. The molecule has 2 aromatic carbocycles. The Hall–Kier alpha value is -4.23. The average Bonchev–Trinajstić information content (AvgIpc) is 3.40. The average molecular weight is 581 g/mol. The lowest BCUT2D eigenvalue weighted by molar-refractivity contribution is -0.192. The zero-order chi connectivity index (χ0) is 28.9. The lowest BCUT2D eigenvalue weighted by Crippen LogP contribution is -2.32. The van der Waals surface area contributed by atoms with Crippen LogP contribution < -0.4 is 11.1 Å². The Balaban J connectivity index is 0.000000532. The van der Waals surface area contributed by atoms with E-state index >= 15 is 0 Å². The number of carbonyl (C=O) groups excluding carboxylic acids is 3. The number of hydrogen-bond donors (Lipinski definition) is 4. The van der Waals surface area contributed by atoms with Crippen LogP contribution in [0.15, 0.2) is 54.6 Å². The van der Waals surface area contributed by atoms with Gasteiger partial charge in [0.15, 0.2) is 0 Å². The SMILES string of the molecule is N=C(N)Cc1ccc(CCN2C(=O)c3cccc(NC(=O)c4ccc(Cl)s4)c3C2=O)cc1.O=C(O)C(F)(F)F. The first kappa shape index (κ1) is 29.3. The molecule has 0 atom stereocenters. The minimum Gasteiger partial charge on any atom is -0.475 e. The van der Waals surface area contributed by atoms with Crippen molar-refractivity contribution in [2.45, 2.75) is 19.0 Å². The molecule has 5 N–H and O–H groups in total. The molecule has 0 saturated carbocycles. The number of carboxylic acids is 1. The molecule has 9 nitrogen and oxygen atoms in total. The van der Waals surface area contributed by atoms with E-state index in [2.05, 4.69) is 5.32 Å². The molecule has 0 saturated heterocycles. The number of aliphatic carboxylic acids is 1. The smallest absolute Gasteiger partial charge is 0.475 e. The van der Waals surface area contributed by atoms with Gasteiger partial charge < -0.3 is 16.2 Å². The van der Waals surface area contributed by atoms with Crippen molar-refractivity contribution in [2.75, 3.05) is 11.9 Å². The quantitative estimate of drug-likeness (QED) is 0.182. The number of amides is 3. The number of rotatable bonds is 7. The molecule has 2 heterocycles. The second-order valence-corrected chi connectivity index (χ2v) is 9.83. The molecule has 1 aliphatic rings. The van der Waals surface area contributed by atoms with Crippen LogP contribution in [-0.2, 0) is 17.6 Å². The highest BCUT2D eigenvalue weighted by atomic mass is 35.5. The van der Waals surface area contributed by atoms with Gasteiger partial charge in [0, 0.05) is 13.0 Å². The van der Waals surface area contributed by atoms with Gasteiger partial charge >= 0.3 is 12.1 Å². The van der Waals surface area contributed by atoms with E-state index < -0.39 is 18.1 Å². The van der Waals surface area contributed by atoms with Gasteiger partial charge in [0.1, 0.15) is 0 Å². The van der Waals surface area contributed by atoms with E-state index in [-0.39, 0.29) is 35.3 Å². The summed E-state index contributed by atoms with van der Waals surface area (Å²) in [7, 11) is 0. The third-order valence-electron chi connectivity index (χ3n) is 5.33. The first-order valence-electron chi connectivity index (χ1n) is 11.0. The maximum absolute atomic E-state index is 13.0. The number of fused-ring (bicyclic) bond motifs is 1. The van der Waals surface area contributed by atoms with Crippen LogP contribution in [0.4, 0.5) is 18.9 Å². The molecule has 14 heteroatoms. The number of hydrogen-bond acceptors (Lipinski definition) is 6. The van der Waals surface area contributed by atoms with Crippen LogP contribution in [-0.4, -0.2) is 52.3 Å². The molecule has 3 amide bonds. The van der Waals surface area contributed by atoms with E-state index in [0.717, 1.165) is 22.5 Å².